The van der Waals surface area contributed by atoms with Crippen LogP contribution in [0.15, 0.2) is 18.2 Å². The number of benzene rings is 1. The predicted octanol–water partition coefficient (Wildman–Crippen LogP) is 3.45. The van der Waals surface area contributed by atoms with E-state index in [-0.39, 0.29) is 12.0 Å². The Bertz CT molecular complexity index is 848. The number of carbonyl (C=O) groups excluding carboxylic acids is 2. The van der Waals surface area contributed by atoms with Crippen LogP contribution in [0.3, 0.4) is 0 Å². The molecule has 0 atom stereocenters. The van der Waals surface area contributed by atoms with E-state index in [0.29, 0.717) is 32.8 Å². The SMILES string of the molecule is CCOC(=O)N1CCN(C(=O)c2c(C)c3cc(CC)ccc3n2CC)CC1. The summed E-state index contributed by atoms with van der Waals surface area (Å²) in [6.45, 7) is 11.2. The number of rotatable bonds is 4. The Morgan fingerprint density at radius 3 is 2.30 bits per heavy atom. The molecule has 6 heteroatoms. The fraction of sp³-hybridized carbons (Fsp3) is 0.524. The van der Waals surface area contributed by atoms with E-state index < -0.39 is 0 Å². The average Bonchev–Trinajstić information content (AvgIpc) is 2.98. The number of hydrogen-bond acceptors (Lipinski definition) is 3. The molecule has 0 unspecified atom stereocenters. The smallest absolute Gasteiger partial charge is 0.409 e. The highest BCUT2D eigenvalue weighted by Crippen LogP contribution is 2.28. The minimum Gasteiger partial charge on any atom is -0.450 e. The van der Waals surface area contributed by atoms with Gasteiger partial charge in [-0.15, -0.1) is 0 Å². The van der Waals surface area contributed by atoms with E-state index in [2.05, 4.69) is 36.6 Å². The summed E-state index contributed by atoms with van der Waals surface area (Å²) in [5.41, 5.74) is 4.20. The lowest BCUT2D eigenvalue weighted by Crippen LogP contribution is -2.51. The Hall–Kier alpha value is -2.50. The lowest BCUT2D eigenvalue weighted by atomic mass is 10.1. The topological polar surface area (TPSA) is 54.8 Å². The number of hydrogen-bond donors (Lipinski definition) is 0. The molecule has 1 fully saturated rings. The first kappa shape index (κ1) is 19.3. The Kier molecular flexibility index (Phi) is 5.73. The van der Waals surface area contributed by atoms with Gasteiger partial charge in [0.05, 0.1) is 6.61 Å². The third-order valence-electron chi connectivity index (χ3n) is 5.40. The molecule has 0 saturated carbocycles. The summed E-state index contributed by atoms with van der Waals surface area (Å²) in [5, 5.41) is 1.16. The summed E-state index contributed by atoms with van der Waals surface area (Å²) >= 11 is 0. The monoisotopic (exact) mass is 371 g/mol. The minimum atomic E-state index is -0.296. The normalized spacial score (nSPS) is 14.7. The van der Waals surface area contributed by atoms with E-state index in [1.807, 2.05) is 11.8 Å². The number of ether oxygens (including phenoxy) is 1. The quantitative estimate of drug-likeness (QED) is 0.827. The molecular formula is C21H29N3O3. The van der Waals surface area contributed by atoms with E-state index in [0.717, 1.165) is 35.1 Å². The zero-order chi connectivity index (χ0) is 19.6. The molecule has 27 heavy (non-hydrogen) atoms. The maximum absolute atomic E-state index is 13.3. The molecule has 2 heterocycles. The van der Waals surface area contributed by atoms with Crippen LogP contribution < -0.4 is 0 Å². The van der Waals surface area contributed by atoms with Crippen molar-refractivity contribution < 1.29 is 14.3 Å². The lowest BCUT2D eigenvalue weighted by Gasteiger charge is -2.34. The number of nitrogens with zero attached hydrogens (tertiary/aromatic N) is 3. The van der Waals surface area contributed by atoms with Crippen molar-refractivity contribution in [1.29, 1.82) is 0 Å². The van der Waals surface area contributed by atoms with Crippen molar-refractivity contribution in [3.8, 4) is 0 Å². The predicted molar refractivity (Wildman–Crippen MR) is 106 cm³/mol. The van der Waals surface area contributed by atoms with Gasteiger partial charge in [-0.25, -0.2) is 4.79 Å². The highest BCUT2D eigenvalue weighted by atomic mass is 16.6. The number of fused-ring (bicyclic) bond motifs is 1. The molecule has 6 nitrogen and oxygen atoms in total. The van der Waals surface area contributed by atoms with Crippen molar-refractivity contribution in [3.05, 3.63) is 35.0 Å². The first-order chi connectivity index (χ1) is 13.0. The van der Waals surface area contributed by atoms with Gasteiger partial charge in [0.25, 0.3) is 5.91 Å². The molecule has 3 rings (SSSR count). The number of piperazine rings is 1. The largest absolute Gasteiger partial charge is 0.450 e. The summed E-state index contributed by atoms with van der Waals surface area (Å²) < 4.78 is 7.17. The maximum atomic E-state index is 13.3. The highest BCUT2D eigenvalue weighted by Gasteiger charge is 2.29. The van der Waals surface area contributed by atoms with Crippen LogP contribution in [-0.2, 0) is 17.7 Å². The molecule has 2 aromatic rings. The van der Waals surface area contributed by atoms with Gasteiger partial charge < -0.3 is 19.1 Å². The summed E-state index contributed by atoms with van der Waals surface area (Å²) in [6.07, 6.45) is 0.682. The van der Waals surface area contributed by atoms with Gasteiger partial charge >= 0.3 is 6.09 Å². The molecule has 1 aliphatic rings. The first-order valence-corrected chi connectivity index (χ1v) is 9.84. The Morgan fingerprint density at radius 1 is 1.04 bits per heavy atom. The fourth-order valence-electron chi connectivity index (χ4n) is 3.85. The second kappa shape index (κ2) is 8.03. The molecule has 146 valence electrons. The minimum absolute atomic E-state index is 0.0482. The molecular weight excluding hydrogens is 342 g/mol. The molecule has 0 aliphatic carbocycles. The highest BCUT2D eigenvalue weighted by molar-refractivity contribution is 6.02. The molecule has 0 bridgehead atoms. The second-order valence-electron chi connectivity index (χ2n) is 6.90. The molecule has 1 aromatic heterocycles. The van der Waals surface area contributed by atoms with Crippen molar-refractivity contribution in [3.63, 3.8) is 0 Å². The molecule has 2 amide bonds. The lowest BCUT2D eigenvalue weighted by molar-refractivity contribution is 0.0562. The van der Waals surface area contributed by atoms with Crippen molar-refractivity contribution in [2.24, 2.45) is 0 Å². The van der Waals surface area contributed by atoms with Gasteiger partial charge in [-0.3, -0.25) is 4.79 Å². The number of aryl methyl sites for hydroxylation is 3. The first-order valence-electron chi connectivity index (χ1n) is 9.84. The third-order valence-corrected chi connectivity index (χ3v) is 5.40. The van der Waals surface area contributed by atoms with Crippen molar-refractivity contribution in [2.75, 3.05) is 32.8 Å². The Morgan fingerprint density at radius 2 is 1.70 bits per heavy atom. The van der Waals surface area contributed by atoms with Gasteiger partial charge in [-0.05, 0) is 50.5 Å². The standard InChI is InChI=1S/C21H29N3O3/c1-5-16-8-9-18-17(14-16)15(4)19(24(18)6-2)20(25)22-10-12-23(13-11-22)21(26)27-7-3/h8-9,14H,5-7,10-13H2,1-4H3. The number of aromatic nitrogens is 1. The average molecular weight is 371 g/mol. The molecule has 1 saturated heterocycles. The van der Waals surface area contributed by atoms with Crippen LogP contribution >= 0.6 is 0 Å². The molecule has 0 spiro atoms. The Labute approximate surface area is 160 Å². The van der Waals surface area contributed by atoms with E-state index >= 15 is 0 Å². The van der Waals surface area contributed by atoms with Crippen molar-refractivity contribution in [1.82, 2.24) is 14.4 Å². The fourth-order valence-corrected chi connectivity index (χ4v) is 3.85. The van der Waals surface area contributed by atoms with Crippen LogP contribution in [-0.4, -0.2) is 59.2 Å². The van der Waals surface area contributed by atoms with E-state index in [4.69, 9.17) is 4.74 Å². The van der Waals surface area contributed by atoms with E-state index in [1.54, 1.807) is 11.8 Å². The molecule has 0 radical (unpaired) electrons. The van der Waals surface area contributed by atoms with Gasteiger partial charge in [-0.1, -0.05) is 13.0 Å². The summed E-state index contributed by atoms with van der Waals surface area (Å²) in [5.74, 6) is 0.0482. The van der Waals surface area contributed by atoms with Crippen molar-refractivity contribution in [2.45, 2.75) is 40.7 Å². The summed E-state index contributed by atoms with van der Waals surface area (Å²) in [7, 11) is 0. The van der Waals surface area contributed by atoms with Gasteiger partial charge in [0.2, 0.25) is 0 Å². The van der Waals surface area contributed by atoms with Gasteiger partial charge in [0.1, 0.15) is 5.69 Å². The van der Waals surface area contributed by atoms with Crippen LogP contribution in [0.1, 0.15) is 42.4 Å². The van der Waals surface area contributed by atoms with Crippen LogP contribution in [0, 0.1) is 6.92 Å². The van der Waals surface area contributed by atoms with Gasteiger partial charge in [0.15, 0.2) is 0 Å². The van der Waals surface area contributed by atoms with E-state index in [9.17, 15) is 9.59 Å². The van der Waals surface area contributed by atoms with Crippen LogP contribution in [0.4, 0.5) is 4.79 Å². The maximum Gasteiger partial charge on any atom is 0.409 e. The van der Waals surface area contributed by atoms with E-state index in [1.165, 1.54) is 5.56 Å². The van der Waals surface area contributed by atoms with Gasteiger partial charge in [-0.2, -0.15) is 0 Å². The molecule has 1 aromatic carbocycles. The van der Waals surface area contributed by atoms with Crippen LogP contribution in [0.5, 0.6) is 0 Å². The van der Waals surface area contributed by atoms with Crippen molar-refractivity contribution >= 4 is 22.9 Å². The number of carbonyl (C=O) groups is 2. The second-order valence-corrected chi connectivity index (χ2v) is 6.90. The van der Waals surface area contributed by atoms with Crippen LogP contribution in [0.25, 0.3) is 10.9 Å². The zero-order valence-electron chi connectivity index (χ0n) is 16.7. The van der Waals surface area contributed by atoms with Crippen LogP contribution in [0.2, 0.25) is 0 Å². The number of amides is 2. The summed E-state index contributed by atoms with van der Waals surface area (Å²) in [4.78, 5) is 28.7. The zero-order valence-corrected chi connectivity index (χ0v) is 16.7. The Balaban J connectivity index is 1.86. The molecule has 0 N–H and O–H groups in total. The molecule has 1 aliphatic heterocycles. The third kappa shape index (κ3) is 3.53. The van der Waals surface area contributed by atoms with Gasteiger partial charge in [0, 0.05) is 43.6 Å². The summed E-state index contributed by atoms with van der Waals surface area (Å²) in [6, 6.07) is 6.47.